The van der Waals surface area contributed by atoms with E-state index < -0.39 is 5.97 Å². The van der Waals surface area contributed by atoms with Crippen LogP contribution in [0.15, 0.2) is 30.5 Å². The second-order valence-corrected chi connectivity index (χ2v) is 4.81. The maximum Gasteiger partial charge on any atom is 0.339 e. The lowest BCUT2D eigenvalue weighted by Crippen LogP contribution is -2.17. The zero-order valence-corrected chi connectivity index (χ0v) is 11.6. The van der Waals surface area contributed by atoms with Crippen molar-refractivity contribution >= 4 is 22.6 Å². The first-order valence-electron chi connectivity index (χ1n) is 6.47. The Hall–Kier alpha value is -2.14. The number of rotatable bonds is 6. The molecule has 1 unspecified atom stereocenters. The molecule has 0 amide bonds. The third-order valence-corrected chi connectivity index (χ3v) is 3.08. The van der Waals surface area contributed by atoms with E-state index in [0.717, 1.165) is 10.9 Å². The average molecular weight is 274 g/mol. The van der Waals surface area contributed by atoms with Crippen molar-refractivity contribution in [2.24, 2.45) is 5.92 Å². The largest absolute Gasteiger partial charge is 0.478 e. The predicted octanol–water partition coefficient (Wildman–Crippen LogP) is 2.63. The Kier molecular flexibility index (Phi) is 4.53. The topological polar surface area (TPSA) is 71.5 Å². The Morgan fingerprint density at radius 1 is 1.45 bits per heavy atom. The summed E-state index contributed by atoms with van der Waals surface area (Å²) < 4.78 is 5.09. The number of carboxylic acid groups (broad SMARTS) is 1. The summed E-state index contributed by atoms with van der Waals surface area (Å²) in [6.07, 6.45) is 1.40. The Morgan fingerprint density at radius 2 is 2.20 bits per heavy atom. The van der Waals surface area contributed by atoms with Gasteiger partial charge in [-0.15, -0.1) is 0 Å². The van der Waals surface area contributed by atoms with Crippen molar-refractivity contribution in [3.05, 3.63) is 36.0 Å². The van der Waals surface area contributed by atoms with E-state index in [0.29, 0.717) is 18.8 Å². The molecule has 0 saturated carbocycles. The van der Waals surface area contributed by atoms with Crippen LogP contribution in [-0.2, 0) is 4.74 Å². The van der Waals surface area contributed by atoms with Crippen molar-refractivity contribution < 1.29 is 14.6 Å². The maximum absolute atomic E-state index is 11.3. The molecule has 0 aliphatic heterocycles. The number of anilines is 1. The number of fused-ring (bicyclic) bond motifs is 1. The Morgan fingerprint density at radius 3 is 2.90 bits per heavy atom. The zero-order valence-electron chi connectivity index (χ0n) is 11.6. The Bertz CT molecular complexity index is 613. The molecule has 5 nitrogen and oxygen atoms in total. The van der Waals surface area contributed by atoms with Gasteiger partial charge in [-0.05, 0) is 12.0 Å². The highest BCUT2D eigenvalue weighted by atomic mass is 16.5. The molecule has 2 rings (SSSR count). The molecule has 106 valence electrons. The minimum Gasteiger partial charge on any atom is -0.478 e. The summed E-state index contributed by atoms with van der Waals surface area (Å²) in [5.41, 5.74) is 1.58. The number of pyridine rings is 1. The van der Waals surface area contributed by atoms with Crippen LogP contribution in [0.4, 0.5) is 5.69 Å². The molecular formula is C15H18N2O3. The van der Waals surface area contributed by atoms with E-state index >= 15 is 0 Å². The number of para-hydroxylation sites is 1. The monoisotopic (exact) mass is 274 g/mol. The van der Waals surface area contributed by atoms with Crippen LogP contribution >= 0.6 is 0 Å². The molecular weight excluding hydrogens is 256 g/mol. The number of carbonyl (C=O) groups is 1. The van der Waals surface area contributed by atoms with Gasteiger partial charge in [-0.25, -0.2) is 4.79 Å². The highest BCUT2D eigenvalue weighted by molar-refractivity contribution is 6.04. The van der Waals surface area contributed by atoms with Gasteiger partial charge >= 0.3 is 5.97 Å². The lowest BCUT2D eigenvalue weighted by Gasteiger charge is -2.16. The SMILES string of the molecule is COCC(C)CNc1c(C(=O)O)cnc2ccccc12. The van der Waals surface area contributed by atoms with E-state index in [1.165, 1.54) is 6.20 Å². The lowest BCUT2D eigenvalue weighted by molar-refractivity contribution is 0.0697. The number of nitrogens with zero attached hydrogens (tertiary/aromatic N) is 1. The number of ether oxygens (including phenoxy) is 1. The van der Waals surface area contributed by atoms with Crippen molar-refractivity contribution in [1.82, 2.24) is 4.98 Å². The van der Waals surface area contributed by atoms with Crippen LogP contribution in [0.1, 0.15) is 17.3 Å². The summed E-state index contributed by atoms with van der Waals surface area (Å²) in [7, 11) is 1.65. The molecule has 1 heterocycles. The normalized spacial score (nSPS) is 12.3. The molecule has 2 N–H and O–H groups in total. The number of nitrogens with one attached hydrogen (secondary N) is 1. The maximum atomic E-state index is 11.3. The molecule has 1 atom stereocenters. The van der Waals surface area contributed by atoms with Crippen molar-refractivity contribution in [3.8, 4) is 0 Å². The van der Waals surface area contributed by atoms with Gasteiger partial charge in [-0.1, -0.05) is 25.1 Å². The molecule has 1 aromatic carbocycles. The van der Waals surface area contributed by atoms with Crippen LogP contribution in [0, 0.1) is 5.92 Å². The number of carboxylic acids is 1. The quantitative estimate of drug-likeness (QED) is 0.847. The molecule has 2 aromatic rings. The van der Waals surface area contributed by atoms with E-state index in [4.69, 9.17) is 4.74 Å². The lowest BCUT2D eigenvalue weighted by atomic mass is 10.1. The minimum absolute atomic E-state index is 0.188. The van der Waals surface area contributed by atoms with Gasteiger partial charge in [-0.3, -0.25) is 4.98 Å². The van der Waals surface area contributed by atoms with E-state index in [9.17, 15) is 9.90 Å². The van der Waals surface area contributed by atoms with Crippen molar-refractivity contribution in [1.29, 1.82) is 0 Å². The summed E-state index contributed by atoms with van der Waals surface area (Å²) in [5.74, 6) is -0.696. The summed E-state index contributed by atoms with van der Waals surface area (Å²) in [6.45, 7) is 3.31. The predicted molar refractivity (Wildman–Crippen MR) is 78.2 cm³/mol. The van der Waals surface area contributed by atoms with E-state index in [-0.39, 0.29) is 11.5 Å². The van der Waals surface area contributed by atoms with Crippen molar-refractivity contribution in [2.45, 2.75) is 6.92 Å². The highest BCUT2D eigenvalue weighted by Crippen LogP contribution is 2.26. The number of hydrogen-bond donors (Lipinski definition) is 2. The first kappa shape index (κ1) is 14.3. The van der Waals surface area contributed by atoms with Crippen LogP contribution in [0.3, 0.4) is 0 Å². The fourth-order valence-corrected chi connectivity index (χ4v) is 2.11. The standard InChI is InChI=1S/C15H18N2O3/c1-10(9-20-2)7-17-14-11-5-3-4-6-13(11)16-8-12(14)15(18)19/h3-6,8,10H,7,9H2,1-2H3,(H,16,17)(H,18,19). The van der Waals surface area contributed by atoms with E-state index in [2.05, 4.69) is 10.3 Å². The van der Waals surface area contributed by atoms with E-state index in [1.54, 1.807) is 7.11 Å². The Labute approximate surface area is 117 Å². The van der Waals surface area contributed by atoms with Gasteiger partial charge in [0.1, 0.15) is 5.56 Å². The summed E-state index contributed by atoms with van der Waals surface area (Å²) in [5, 5.41) is 13.3. The first-order chi connectivity index (χ1) is 9.63. The summed E-state index contributed by atoms with van der Waals surface area (Å²) >= 11 is 0. The van der Waals surface area contributed by atoms with Crippen molar-refractivity contribution in [3.63, 3.8) is 0 Å². The first-order valence-corrected chi connectivity index (χ1v) is 6.47. The fraction of sp³-hybridized carbons (Fsp3) is 0.333. The second kappa shape index (κ2) is 6.34. The van der Waals surface area contributed by atoms with Crippen LogP contribution < -0.4 is 5.32 Å². The molecule has 0 radical (unpaired) electrons. The molecule has 5 heteroatoms. The number of methoxy groups -OCH3 is 1. The highest BCUT2D eigenvalue weighted by Gasteiger charge is 2.14. The van der Waals surface area contributed by atoms with Crippen LogP contribution in [0.2, 0.25) is 0 Å². The number of aromatic nitrogens is 1. The zero-order chi connectivity index (χ0) is 14.5. The fourth-order valence-electron chi connectivity index (χ4n) is 2.11. The Balaban J connectivity index is 2.37. The number of benzene rings is 1. The third-order valence-electron chi connectivity index (χ3n) is 3.08. The van der Waals surface area contributed by atoms with Crippen LogP contribution in [-0.4, -0.2) is 36.3 Å². The van der Waals surface area contributed by atoms with Crippen LogP contribution in [0.25, 0.3) is 10.9 Å². The molecule has 0 saturated heterocycles. The number of aromatic carboxylic acids is 1. The van der Waals surface area contributed by atoms with Crippen molar-refractivity contribution in [2.75, 3.05) is 25.6 Å². The molecule has 0 aliphatic carbocycles. The third kappa shape index (κ3) is 3.05. The van der Waals surface area contributed by atoms with Gasteiger partial charge in [0.15, 0.2) is 0 Å². The summed E-state index contributed by atoms with van der Waals surface area (Å²) in [6, 6.07) is 7.50. The van der Waals surface area contributed by atoms with Crippen LogP contribution in [0.5, 0.6) is 0 Å². The van der Waals surface area contributed by atoms with Gasteiger partial charge < -0.3 is 15.2 Å². The molecule has 1 aromatic heterocycles. The molecule has 20 heavy (non-hydrogen) atoms. The van der Waals surface area contributed by atoms with Gasteiger partial charge in [-0.2, -0.15) is 0 Å². The van der Waals surface area contributed by atoms with Gasteiger partial charge in [0, 0.05) is 25.2 Å². The van der Waals surface area contributed by atoms with Gasteiger partial charge in [0.25, 0.3) is 0 Å². The average Bonchev–Trinajstić information content (AvgIpc) is 2.44. The van der Waals surface area contributed by atoms with Gasteiger partial charge in [0.05, 0.1) is 17.8 Å². The van der Waals surface area contributed by atoms with E-state index in [1.807, 2.05) is 31.2 Å². The molecule has 0 fully saturated rings. The molecule has 0 bridgehead atoms. The summed E-state index contributed by atoms with van der Waals surface area (Å²) in [4.78, 5) is 15.5. The minimum atomic E-state index is -0.981. The molecule has 0 spiro atoms. The second-order valence-electron chi connectivity index (χ2n) is 4.81. The smallest absolute Gasteiger partial charge is 0.339 e. The molecule has 0 aliphatic rings. The number of hydrogen-bond acceptors (Lipinski definition) is 4. The van der Waals surface area contributed by atoms with Gasteiger partial charge in [0.2, 0.25) is 0 Å².